The Balaban J connectivity index is 0.00000576. The summed E-state index contributed by atoms with van der Waals surface area (Å²) in [4.78, 5) is 0. The van der Waals surface area contributed by atoms with E-state index < -0.39 is 0 Å². The van der Waals surface area contributed by atoms with Crippen molar-refractivity contribution in [3.63, 3.8) is 0 Å². The number of hydrogen-bond acceptors (Lipinski definition) is 0. The van der Waals surface area contributed by atoms with Gasteiger partial charge in [0, 0.05) is 25.5 Å². The molecule has 0 radical (unpaired) electrons. The van der Waals surface area contributed by atoms with E-state index in [2.05, 4.69) is 42.8 Å². The molecule has 1 nitrogen and oxygen atoms in total. The number of nitrogens with zero attached hydrogens (tertiary/aromatic N) is 1. The van der Waals surface area contributed by atoms with Crippen LogP contribution in [0.4, 0.5) is 0 Å². The first-order valence-electron chi connectivity index (χ1n) is 10.3. The minimum Gasteiger partial charge on any atom is -1.00 e. The lowest BCUT2D eigenvalue weighted by molar-refractivity contribution is -0.724. The van der Waals surface area contributed by atoms with Gasteiger partial charge in [-0.3, -0.25) is 0 Å². The molecule has 1 atom stereocenters. The van der Waals surface area contributed by atoms with Crippen molar-refractivity contribution >= 4 is 11.6 Å². The molecule has 0 aliphatic carbocycles. The molecule has 146 valence electrons. The van der Waals surface area contributed by atoms with Crippen molar-refractivity contribution in [2.24, 2.45) is 0 Å². The van der Waals surface area contributed by atoms with Gasteiger partial charge in [0.2, 0.25) is 0 Å². The standard InChI is InChI=1S/C22H39ClN.ClH/c1-3-4-5-6-7-8-9-10-11-12-13-14-18-22(20-23)24-19-16-15-17-21(24)2;/h15-17,19,22H,3-14,18,20H2,1-2H3;1H/q+1;/p-1. The van der Waals surface area contributed by atoms with Crippen LogP contribution in [0.25, 0.3) is 0 Å². The average Bonchev–Trinajstić information content (AvgIpc) is 2.60. The SMILES string of the molecule is CCCCCCCCCCCCCCC(CCl)[n+]1ccccc1C.[Cl-]. The molecule has 1 aromatic rings. The first kappa shape index (κ1) is 24.7. The van der Waals surface area contributed by atoms with Gasteiger partial charge in [-0.05, 0) is 6.42 Å². The highest BCUT2D eigenvalue weighted by molar-refractivity contribution is 6.18. The molecule has 0 spiro atoms. The first-order chi connectivity index (χ1) is 11.8. The first-order valence-corrected chi connectivity index (χ1v) is 10.9. The second kappa shape index (κ2) is 17.2. The van der Waals surface area contributed by atoms with E-state index in [9.17, 15) is 0 Å². The van der Waals surface area contributed by atoms with Crippen molar-refractivity contribution in [1.82, 2.24) is 0 Å². The highest BCUT2D eigenvalue weighted by Gasteiger charge is 2.18. The van der Waals surface area contributed by atoms with Gasteiger partial charge in [-0.1, -0.05) is 83.6 Å². The van der Waals surface area contributed by atoms with Crippen LogP contribution in [0.15, 0.2) is 24.4 Å². The van der Waals surface area contributed by atoms with Gasteiger partial charge in [-0.2, -0.15) is 4.57 Å². The molecule has 0 N–H and O–H groups in total. The summed E-state index contributed by atoms with van der Waals surface area (Å²) in [5.74, 6) is 0.716. The number of aromatic nitrogens is 1. The van der Waals surface area contributed by atoms with E-state index >= 15 is 0 Å². The maximum absolute atomic E-state index is 6.20. The molecule has 1 heterocycles. The summed E-state index contributed by atoms with van der Waals surface area (Å²) < 4.78 is 2.34. The van der Waals surface area contributed by atoms with Crippen LogP contribution in [-0.2, 0) is 0 Å². The summed E-state index contributed by atoms with van der Waals surface area (Å²) >= 11 is 6.20. The Kier molecular flexibility index (Phi) is 17.0. The topological polar surface area (TPSA) is 3.88 Å². The Morgan fingerprint density at radius 1 is 0.840 bits per heavy atom. The smallest absolute Gasteiger partial charge is 0.178 e. The Morgan fingerprint density at radius 3 is 1.84 bits per heavy atom. The third-order valence-electron chi connectivity index (χ3n) is 5.06. The second-order valence-electron chi connectivity index (χ2n) is 7.24. The van der Waals surface area contributed by atoms with Gasteiger partial charge in [-0.25, -0.2) is 0 Å². The fourth-order valence-electron chi connectivity index (χ4n) is 3.46. The third-order valence-corrected chi connectivity index (χ3v) is 5.42. The predicted molar refractivity (Wildman–Crippen MR) is 107 cm³/mol. The summed E-state index contributed by atoms with van der Waals surface area (Å²) in [7, 11) is 0. The van der Waals surface area contributed by atoms with Crippen LogP contribution in [0, 0.1) is 6.92 Å². The van der Waals surface area contributed by atoms with Crippen LogP contribution in [0.3, 0.4) is 0 Å². The molecular weight excluding hydrogens is 349 g/mol. The van der Waals surface area contributed by atoms with E-state index in [-0.39, 0.29) is 12.4 Å². The highest BCUT2D eigenvalue weighted by atomic mass is 35.5. The van der Waals surface area contributed by atoms with E-state index in [0.29, 0.717) is 11.9 Å². The number of pyridine rings is 1. The normalized spacial score (nSPS) is 12.0. The number of halogens is 2. The fourth-order valence-corrected chi connectivity index (χ4v) is 3.77. The summed E-state index contributed by atoms with van der Waals surface area (Å²) in [6.07, 6.45) is 20.3. The molecular formula is C22H39Cl2N. The molecule has 0 aliphatic rings. The summed E-state index contributed by atoms with van der Waals surface area (Å²) in [5.41, 5.74) is 1.31. The molecule has 0 saturated heterocycles. The molecule has 1 unspecified atom stereocenters. The molecule has 0 amide bonds. The van der Waals surface area contributed by atoms with E-state index in [4.69, 9.17) is 11.6 Å². The van der Waals surface area contributed by atoms with Crippen LogP contribution < -0.4 is 17.0 Å². The predicted octanol–water partition coefficient (Wildman–Crippen LogP) is 4.16. The van der Waals surface area contributed by atoms with Gasteiger partial charge < -0.3 is 12.4 Å². The number of aryl methyl sites for hydroxylation is 1. The Labute approximate surface area is 168 Å². The van der Waals surface area contributed by atoms with E-state index in [1.165, 1.54) is 89.2 Å². The van der Waals surface area contributed by atoms with Crippen molar-refractivity contribution < 1.29 is 17.0 Å². The van der Waals surface area contributed by atoms with E-state index in [0.717, 1.165) is 0 Å². The molecule has 1 rings (SSSR count). The lowest BCUT2D eigenvalue weighted by atomic mass is 10.0. The summed E-state index contributed by atoms with van der Waals surface area (Å²) in [5, 5.41) is 0. The van der Waals surface area contributed by atoms with Gasteiger partial charge in [0.25, 0.3) is 0 Å². The molecule has 0 aromatic carbocycles. The number of hydrogen-bond donors (Lipinski definition) is 0. The molecule has 0 bridgehead atoms. The lowest BCUT2D eigenvalue weighted by Gasteiger charge is -2.11. The Morgan fingerprint density at radius 2 is 1.36 bits per heavy atom. The molecule has 0 aliphatic heterocycles. The summed E-state index contributed by atoms with van der Waals surface area (Å²) in [6.45, 7) is 4.46. The maximum Gasteiger partial charge on any atom is 0.178 e. The zero-order chi connectivity index (χ0) is 17.5. The molecule has 0 saturated carbocycles. The maximum atomic E-state index is 6.20. The van der Waals surface area contributed by atoms with Crippen molar-refractivity contribution in [3.8, 4) is 0 Å². The van der Waals surface area contributed by atoms with E-state index in [1.54, 1.807) is 0 Å². The lowest BCUT2D eigenvalue weighted by Crippen LogP contribution is -3.00. The number of unbranched alkanes of at least 4 members (excludes halogenated alkanes) is 11. The minimum atomic E-state index is 0. The van der Waals surface area contributed by atoms with Crippen LogP contribution in [0.2, 0.25) is 0 Å². The number of rotatable bonds is 15. The largest absolute Gasteiger partial charge is 1.00 e. The van der Waals surface area contributed by atoms with Crippen LogP contribution in [-0.4, -0.2) is 5.88 Å². The van der Waals surface area contributed by atoms with Gasteiger partial charge >= 0.3 is 0 Å². The number of alkyl halides is 1. The molecule has 1 aromatic heterocycles. The monoisotopic (exact) mass is 387 g/mol. The molecule has 3 heteroatoms. The van der Waals surface area contributed by atoms with Crippen molar-refractivity contribution in [3.05, 3.63) is 30.1 Å². The Hall–Kier alpha value is -0.270. The van der Waals surface area contributed by atoms with Gasteiger partial charge in [0.05, 0.1) is 5.88 Å². The molecule has 0 fully saturated rings. The zero-order valence-corrected chi connectivity index (χ0v) is 18.0. The van der Waals surface area contributed by atoms with Crippen molar-refractivity contribution in [2.45, 2.75) is 103 Å². The zero-order valence-electron chi connectivity index (χ0n) is 16.5. The highest BCUT2D eigenvalue weighted by Crippen LogP contribution is 2.16. The fraction of sp³-hybridized carbons (Fsp3) is 0.773. The van der Waals surface area contributed by atoms with Gasteiger partial charge in [-0.15, -0.1) is 11.6 Å². The van der Waals surface area contributed by atoms with Crippen LogP contribution >= 0.6 is 11.6 Å². The molecule has 25 heavy (non-hydrogen) atoms. The summed E-state index contributed by atoms with van der Waals surface area (Å²) in [6, 6.07) is 6.83. The minimum absolute atomic E-state index is 0. The Bertz CT molecular complexity index is 409. The third kappa shape index (κ3) is 11.9. The van der Waals surface area contributed by atoms with E-state index in [1.807, 2.05) is 0 Å². The van der Waals surface area contributed by atoms with Crippen molar-refractivity contribution in [1.29, 1.82) is 0 Å². The van der Waals surface area contributed by atoms with Crippen LogP contribution in [0.1, 0.15) is 102 Å². The quantitative estimate of drug-likeness (QED) is 0.241. The van der Waals surface area contributed by atoms with Crippen molar-refractivity contribution in [2.75, 3.05) is 5.88 Å². The van der Waals surface area contributed by atoms with Crippen LogP contribution in [0.5, 0.6) is 0 Å². The van der Waals surface area contributed by atoms with Gasteiger partial charge in [0.1, 0.15) is 0 Å². The average molecular weight is 388 g/mol. The van der Waals surface area contributed by atoms with Gasteiger partial charge in [0.15, 0.2) is 17.9 Å². The second-order valence-corrected chi connectivity index (χ2v) is 7.54.